The standard InChI is InChI=1S/C41H39ClN6O5S/c1-3-46(28-30-8-5-4-6-9-30)40-20-16-35(43-44-40)34-27-33(47-23-7-25-54(47,50)51)15-17-37(34)48-36(31-12-19-38(49)39(26-31)52-2)18-21-41(45-48)53-24-22-29-10-13-32(42)14-11-29/h4-6,8-21,26-27H,3,7,22-25,28H2,1-2H3/p+1. The molecule has 0 spiro atoms. The third kappa shape index (κ3) is 8.09. The number of methoxy groups -OCH3 is 1. The van der Waals surface area contributed by atoms with Gasteiger partial charge < -0.3 is 19.5 Å². The molecule has 0 bridgehead atoms. The molecule has 54 heavy (non-hydrogen) atoms. The van der Waals surface area contributed by atoms with Crippen LogP contribution in [0.25, 0.3) is 28.2 Å². The molecule has 0 unspecified atom stereocenters. The zero-order chi connectivity index (χ0) is 37.7. The number of phenolic OH excluding ortho intramolecular Hbond substituents is 1. The first-order chi connectivity index (χ1) is 26.2. The molecule has 7 rings (SSSR count). The average Bonchev–Trinajstić information content (AvgIpc) is 3.56. The second-order valence-electron chi connectivity index (χ2n) is 12.8. The van der Waals surface area contributed by atoms with Crippen LogP contribution in [0.1, 0.15) is 24.5 Å². The fourth-order valence-corrected chi connectivity index (χ4v) is 8.12. The quantitative estimate of drug-likeness (QED) is 0.124. The van der Waals surface area contributed by atoms with Gasteiger partial charge in [0.05, 0.1) is 42.0 Å². The predicted octanol–water partition coefficient (Wildman–Crippen LogP) is 7.04. The number of rotatable bonds is 13. The summed E-state index contributed by atoms with van der Waals surface area (Å²) < 4.78 is 41.0. The highest BCUT2D eigenvalue weighted by molar-refractivity contribution is 7.93. The van der Waals surface area contributed by atoms with Crippen molar-refractivity contribution in [1.82, 2.24) is 15.3 Å². The molecular formula is C41H40ClN6O5S+. The van der Waals surface area contributed by atoms with Crippen LogP contribution >= 0.6 is 11.6 Å². The van der Waals surface area contributed by atoms with Crippen LogP contribution in [0.4, 0.5) is 11.5 Å². The molecular weight excluding hydrogens is 724 g/mol. The van der Waals surface area contributed by atoms with Crippen molar-refractivity contribution in [2.75, 3.05) is 41.8 Å². The van der Waals surface area contributed by atoms with Gasteiger partial charge in [0, 0.05) is 54.4 Å². The topological polar surface area (TPSA) is 122 Å². The molecule has 0 saturated carbocycles. The lowest BCUT2D eigenvalue weighted by molar-refractivity contribution is -0.648. The van der Waals surface area contributed by atoms with Crippen molar-refractivity contribution in [2.24, 2.45) is 0 Å². The van der Waals surface area contributed by atoms with Crippen LogP contribution in [0, 0.1) is 0 Å². The molecule has 13 heteroatoms. The summed E-state index contributed by atoms with van der Waals surface area (Å²) in [5.74, 6) is 1.48. The summed E-state index contributed by atoms with van der Waals surface area (Å²) in [5, 5.41) is 25.4. The molecule has 0 aliphatic carbocycles. The van der Waals surface area contributed by atoms with Crippen LogP contribution in [-0.2, 0) is 23.0 Å². The lowest BCUT2D eigenvalue weighted by Crippen LogP contribution is -2.39. The number of anilines is 2. The van der Waals surface area contributed by atoms with E-state index < -0.39 is 10.0 Å². The van der Waals surface area contributed by atoms with Gasteiger partial charge in [0.1, 0.15) is 0 Å². The maximum atomic E-state index is 13.1. The van der Waals surface area contributed by atoms with E-state index in [1.165, 1.54) is 11.4 Å². The molecule has 11 nitrogen and oxygen atoms in total. The third-order valence-corrected chi connectivity index (χ3v) is 11.4. The molecule has 1 aliphatic rings. The van der Waals surface area contributed by atoms with Gasteiger partial charge in [0.15, 0.2) is 17.3 Å². The Hall–Kier alpha value is -5.72. The van der Waals surface area contributed by atoms with Crippen molar-refractivity contribution >= 4 is 33.1 Å². The van der Waals surface area contributed by atoms with Gasteiger partial charge in [-0.2, -0.15) is 0 Å². The SMILES string of the molecule is CCN(Cc1ccccc1)c1ccc(-c2cc(N3CCCS3(=O)=O)ccc2-[n+]2nc(OCCc3ccc(Cl)cc3)ccc2-c2ccc(O)c(OC)c2)nn1. The Balaban J connectivity index is 1.32. The number of aromatic nitrogens is 4. The molecule has 276 valence electrons. The number of halogens is 1. The van der Waals surface area contributed by atoms with E-state index in [1.54, 1.807) is 35.0 Å². The van der Waals surface area contributed by atoms with Crippen LogP contribution in [0.15, 0.2) is 115 Å². The van der Waals surface area contributed by atoms with Gasteiger partial charge in [0.2, 0.25) is 21.4 Å². The number of aromatic hydroxyl groups is 1. The van der Waals surface area contributed by atoms with E-state index in [1.807, 2.05) is 72.8 Å². The number of sulfonamides is 1. The van der Waals surface area contributed by atoms with E-state index >= 15 is 0 Å². The fourth-order valence-electron chi connectivity index (χ4n) is 6.44. The van der Waals surface area contributed by atoms with Gasteiger partial charge in [-0.05, 0) is 83.8 Å². The summed E-state index contributed by atoms with van der Waals surface area (Å²) in [6.07, 6.45) is 1.18. The molecule has 0 radical (unpaired) electrons. The maximum Gasteiger partial charge on any atom is 0.279 e. The van der Waals surface area contributed by atoms with Crippen LogP contribution in [0.5, 0.6) is 17.4 Å². The molecule has 2 aromatic heterocycles. The largest absolute Gasteiger partial charge is 0.504 e. The van der Waals surface area contributed by atoms with Gasteiger partial charge in [0.25, 0.3) is 5.88 Å². The molecule has 0 amide bonds. The van der Waals surface area contributed by atoms with Crippen molar-refractivity contribution in [1.29, 1.82) is 0 Å². The summed E-state index contributed by atoms with van der Waals surface area (Å²) in [6.45, 7) is 4.22. The van der Waals surface area contributed by atoms with Gasteiger partial charge >= 0.3 is 0 Å². The van der Waals surface area contributed by atoms with Crippen molar-refractivity contribution in [3.63, 3.8) is 0 Å². The third-order valence-electron chi connectivity index (χ3n) is 9.28. The first-order valence-corrected chi connectivity index (χ1v) is 19.7. The van der Waals surface area contributed by atoms with Gasteiger partial charge in [-0.1, -0.05) is 54.1 Å². The molecule has 4 aromatic carbocycles. The molecule has 0 atom stereocenters. The minimum Gasteiger partial charge on any atom is -0.504 e. The second kappa shape index (κ2) is 16.1. The van der Waals surface area contributed by atoms with Gasteiger partial charge in [-0.25, -0.2) is 8.42 Å². The predicted molar refractivity (Wildman–Crippen MR) is 210 cm³/mol. The summed E-state index contributed by atoms with van der Waals surface area (Å²) in [7, 11) is -1.98. The minimum atomic E-state index is -3.47. The zero-order valence-corrected chi connectivity index (χ0v) is 31.5. The highest BCUT2D eigenvalue weighted by Gasteiger charge is 2.32. The number of ether oxygens (including phenoxy) is 2. The summed E-state index contributed by atoms with van der Waals surface area (Å²) in [4.78, 5) is 2.14. The first-order valence-electron chi connectivity index (χ1n) is 17.7. The van der Waals surface area contributed by atoms with Crippen LogP contribution < -0.4 is 23.4 Å². The molecule has 1 fully saturated rings. The second-order valence-corrected chi connectivity index (χ2v) is 15.2. The van der Waals surface area contributed by atoms with Crippen molar-refractivity contribution in [3.8, 4) is 45.6 Å². The Labute approximate surface area is 320 Å². The molecule has 3 heterocycles. The highest BCUT2D eigenvalue weighted by Crippen LogP contribution is 2.34. The van der Waals surface area contributed by atoms with Crippen LogP contribution in [-0.4, -0.2) is 61.4 Å². The number of phenols is 1. The molecule has 1 N–H and O–H groups in total. The van der Waals surface area contributed by atoms with Crippen molar-refractivity contribution in [3.05, 3.63) is 131 Å². The first kappa shape index (κ1) is 36.6. The minimum absolute atomic E-state index is 0.00327. The Bertz CT molecular complexity index is 2350. The normalized spacial score (nSPS) is 13.5. The molecule has 1 aliphatic heterocycles. The Morgan fingerprint density at radius 1 is 0.907 bits per heavy atom. The number of hydrogen-bond acceptors (Lipinski definition) is 9. The van der Waals surface area contributed by atoms with E-state index in [0.717, 1.165) is 17.7 Å². The van der Waals surface area contributed by atoms with E-state index in [9.17, 15) is 13.5 Å². The van der Waals surface area contributed by atoms with E-state index in [4.69, 9.17) is 31.3 Å². The summed E-state index contributed by atoms with van der Waals surface area (Å²) >= 11 is 6.08. The Kier molecular flexibility index (Phi) is 10.9. The monoisotopic (exact) mass is 763 g/mol. The lowest BCUT2D eigenvalue weighted by Gasteiger charge is -2.22. The summed E-state index contributed by atoms with van der Waals surface area (Å²) in [5.41, 5.74) is 5.88. The molecule has 6 aromatic rings. The lowest BCUT2D eigenvalue weighted by atomic mass is 10.1. The van der Waals surface area contributed by atoms with E-state index in [0.29, 0.717) is 88.9 Å². The van der Waals surface area contributed by atoms with Crippen LogP contribution in [0.3, 0.4) is 0 Å². The molecule has 1 saturated heterocycles. The fraction of sp³-hybridized carbons (Fsp3) is 0.220. The van der Waals surface area contributed by atoms with Gasteiger partial charge in [-0.3, -0.25) is 4.31 Å². The van der Waals surface area contributed by atoms with Crippen LogP contribution in [0.2, 0.25) is 5.02 Å². The van der Waals surface area contributed by atoms with Crippen molar-refractivity contribution in [2.45, 2.75) is 26.3 Å². The smallest absolute Gasteiger partial charge is 0.279 e. The van der Waals surface area contributed by atoms with E-state index in [2.05, 4.69) is 29.1 Å². The maximum absolute atomic E-state index is 13.1. The van der Waals surface area contributed by atoms with E-state index in [-0.39, 0.29) is 11.5 Å². The number of benzene rings is 4. The van der Waals surface area contributed by atoms with Crippen molar-refractivity contribution < 1.29 is 27.7 Å². The van der Waals surface area contributed by atoms with Gasteiger partial charge in [-0.15, -0.1) is 10.2 Å². The Morgan fingerprint density at radius 2 is 1.72 bits per heavy atom. The zero-order valence-electron chi connectivity index (χ0n) is 30.0. The highest BCUT2D eigenvalue weighted by atomic mass is 35.5. The Morgan fingerprint density at radius 3 is 2.43 bits per heavy atom. The number of hydrogen-bond donors (Lipinski definition) is 1. The number of nitrogens with zero attached hydrogens (tertiary/aromatic N) is 6. The average molecular weight is 764 g/mol. The summed E-state index contributed by atoms with van der Waals surface area (Å²) in [6, 6.07) is 35.8.